The number of guanidine groups is 1. The average Bonchev–Trinajstić information content (AvgIpc) is 3.32. The van der Waals surface area contributed by atoms with Crippen LogP contribution in [-0.2, 0) is 12.0 Å². The van der Waals surface area contributed by atoms with Gasteiger partial charge in [0.1, 0.15) is 12.7 Å². The van der Waals surface area contributed by atoms with Gasteiger partial charge in [-0.3, -0.25) is 4.99 Å². The van der Waals surface area contributed by atoms with Crippen molar-refractivity contribution in [1.82, 2.24) is 25.4 Å². The Morgan fingerprint density at radius 2 is 1.97 bits per heavy atom. The minimum absolute atomic E-state index is 0. The largest absolute Gasteiger partial charge is 0.356 e. The molecule has 1 fully saturated rings. The molecule has 1 aliphatic rings. The van der Waals surface area contributed by atoms with Crippen LogP contribution in [0.25, 0.3) is 5.69 Å². The number of nitrogens with one attached hydrogen (secondary N) is 2. The van der Waals surface area contributed by atoms with Gasteiger partial charge in [-0.2, -0.15) is 5.10 Å². The first kappa shape index (κ1) is 21.8. The third kappa shape index (κ3) is 5.36. The molecule has 0 radical (unpaired) electrons. The zero-order valence-corrected chi connectivity index (χ0v) is 20.1. The number of halogens is 2. The fraction of sp³-hybridized carbons (Fsp3) is 0.286. The molecular weight excluding hydrogens is 543 g/mol. The molecule has 2 aromatic carbocycles. The predicted molar refractivity (Wildman–Crippen MR) is 130 cm³/mol. The molecular formula is C21H24BrIN6. The molecule has 0 aliphatic heterocycles. The van der Waals surface area contributed by atoms with Gasteiger partial charge in [0.15, 0.2) is 5.96 Å². The molecule has 0 atom stereocenters. The van der Waals surface area contributed by atoms with Crippen LogP contribution in [0, 0.1) is 0 Å². The summed E-state index contributed by atoms with van der Waals surface area (Å²) in [5, 5.41) is 11.0. The van der Waals surface area contributed by atoms with Crippen molar-refractivity contribution < 1.29 is 0 Å². The van der Waals surface area contributed by atoms with E-state index in [4.69, 9.17) is 0 Å². The Morgan fingerprint density at radius 1 is 1.17 bits per heavy atom. The molecule has 3 aromatic rings. The summed E-state index contributed by atoms with van der Waals surface area (Å²) in [6, 6.07) is 16.9. The molecule has 29 heavy (non-hydrogen) atoms. The van der Waals surface area contributed by atoms with Gasteiger partial charge in [-0.1, -0.05) is 40.2 Å². The van der Waals surface area contributed by atoms with Gasteiger partial charge < -0.3 is 10.6 Å². The second kappa shape index (κ2) is 9.71. The van der Waals surface area contributed by atoms with Crippen molar-refractivity contribution in [3.05, 3.63) is 76.8 Å². The van der Waals surface area contributed by atoms with Crippen LogP contribution in [0.3, 0.4) is 0 Å². The molecule has 0 saturated heterocycles. The Kier molecular flexibility index (Phi) is 7.28. The Balaban J connectivity index is 0.00000240. The Morgan fingerprint density at radius 3 is 2.59 bits per heavy atom. The Bertz CT molecular complexity index is 952. The summed E-state index contributed by atoms with van der Waals surface area (Å²) in [5.74, 6) is 0.821. The summed E-state index contributed by atoms with van der Waals surface area (Å²) < 4.78 is 2.88. The zero-order chi connectivity index (χ0) is 19.4. The molecule has 0 bridgehead atoms. The number of aliphatic imine (C=N–C) groups is 1. The van der Waals surface area contributed by atoms with Crippen molar-refractivity contribution in [3.63, 3.8) is 0 Å². The van der Waals surface area contributed by atoms with Crippen LogP contribution in [0.2, 0.25) is 0 Å². The first-order chi connectivity index (χ1) is 13.7. The van der Waals surface area contributed by atoms with Crippen LogP contribution in [0.5, 0.6) is 0 Å². The normalized spacial score (nSPS) is 14.8. The van der Waals surface area contributed by atoms with Crippen molar-refractivity contribution in [2.45, 2.75) is 24.8 Å². The number of hydrogen-bond donors (Lipinski definition) is 2. The number of hydrogen-bond acceptors (Lipinski definition) is 3. The lowest BCUT2D eigenvalue weighted by molar-refractivity contribution is 0.645. The molecule has 152 valence electrons. The van der Waals surface area contributed by atoms with E-state index in [1.54, 1.807) is 11.0 Å². The molecule has 0 spiro atoms. The van der Waals surface area contributed by atoms with Gasteiger partial charge in [-0.15, -0.1) is 24.0 Å². The molecule has 1 saturated carbocycles. The second-order valence-electron chi connectivity index (χ2n) is 7.08. The van der Waals surface area contributed by atoms with E-state index in [1.165, 1.54) is 30.3 Å². The van der Waals surface area contributed by atoms with Crippen LogP contribution in [-0.4, -0.2) is 34.3 Å². The van der Waals surface area contributed by atoms with Crippen molar-refractivity contribution >= 4 is 45.9 Å². The highest BCUT2D eigenvalue weighted by molar-refractivity contribution is 14.0. The van der Waals surface area contributed by atoms with Crippen LogP contribution >= 0.6 is 39.9 Å². The molecule has 4 rings (SSSR count). The second-order valence-corrected chi connectivity index (χ2v) is 7.99. The molecule has 1 aliphatic carbocycles. The average molecular weight is 567 g/mol. The van der Waals surface area contributed by atoms with Crippen molar-refractivity contribution in [2.75, 3.05) is 13.6 Å². The maximum atomic E-state index is 4.37. The summed E-state index contributed by atoms with van der Waals surface area (Å²) >= 11 is 3.58. The van der Waals surface area contributed by atoms with Gasteiger partial charge >= 0.3 is 0 Å². The maximum absolute atomic E-state index is 4.37. The third-order valence-corrected chi connectivity index (χ3v) is 5.68. The van der Waals surface area contributed by atoms with Crippen molar-refractivity contribution in [1.29, 1.82) is 0 Å². The third-order valence-electron chi connectivity index (χ3n) is 5.19. The molecule has 6 nitrogen and oxygen atoms in total. The summed E-state index contributed by atoms with van der Waals surface area (Å²) in [4.78, 5) is 8.34. The van der Waals surface area contributed by atoms with Crippen LogP contribution in [0.4, 0.5) is 0 Å². The van der Waals surface area contributed by atoms with Gasteiger partial charge in [-0.25, -0.2) is 9.67 Å². The number of nitrogens with zero attached hydrogens (tertiary/aromatic N) is 4. The maximum Gasteiger partial charge on any atom is 0.191 e. The summed E-state index contributed by atoms with van der Waals surface area (Å²) in [7, 11) is 1.81. The van der Waals surface area contributed by atoms with E-state index in [2.05, 4.69) is 78.0 Å². The highest BCUT2D eigenvalue weighted by Crippen LogP contribution is 2.48. The van der Waals surface area contributed by atoms with Gasteiger partial charge in [0.05, 0.1) is 5.69 Å². The van der Waals surface area contributed by atoms with Gasteiger partial charge in [0, 0.05) is 30.0 Å². The van der Waals surface area contributed by atoms with Crippen molar-refractivity contribution in [3.8, 4) is 5.69 Å². The van der Waals surface area contributed by atoms with E-state index in [0.717, 1.165) is 22.7 Å². The predicted octanol–water partition coefficient (Wildman–Crippen LogP) is 4.04. The highest BCUT2D eigenvalue weighted by atomic mass is 127. The SMILES string of the molecule is CN=C(NCc1ccc(-n2cncn2)cc1)NCC1(c2cccc(Br)c2)CC1.I. The molecule has 0 amide bonds. The molecule has 8 heteroatoms. The van der Waals surface area contributed by atoms with Crippen LogP contribution in [0.1, 0.15) is 24.0 Å². The number of benzene rings is 2. The first-order valence-corrected chi connectivity index (χ1v) is 10.1. The van der Waals surface area contributed by atoms with E-state index in [9.17, 15) is 0 Å². The van der Waals surface area contributed by atoms with E-state index in [-0.39, 0.29) is 29.4 Å². The van der Waals surface area contributed by atoms with E-state index >= 15 is 0 Å². The zero-order valence-electron chi connectivity index (χ0n) is 16.2. The lowest BCUT2D eigenvalue weighted by Gasteiger charge is -2.19. The van der Waals surface area contributed by atoms with Crippen molar-refractivity contribution in [2.24, 2.45) is 4.99 Å². The smallest absolute Gasteiger partial charge is 0.191 e. The van der Waals surface area contributed by atoms with E-state index < -0.39 is 0 Å². The van der Waals surface area contributed by atoms with E-state index in [0.29, 0.717) is 6.54 Å². The minimum atomic E-state index is 0. The van der Waals surface area contributed by atoms with E-state index in [1.807, 2.05) is 19.2 Å². The monoisotopic (exact) mass is 566 g/mol. The summed E-state index contributed by atoms with van der Waals surface area (Å²) in [6.45, 7) is 1.59. The quantitative estimate of drug-likeness (QED) is 0.268. The fourth-order valence-corrected chi connectivity index (χ4v) is 3.70. The van der Waals surface area contributed by atoms with Gasteiger partial charge in [-0.05, 0) is 48.2 Å². The minimum Gasteiger partial charge on any atom is -0.356 e. The topological polar surface area (TPSA) is 67.1 Å². The lowest BCUT2D eigenvalue weighted by atomic mass is 9.96. The molecule has 1 heterocycles. The van der Waals surface area contributed by atoms with Crippen LogP contribution < -0.4 is 10.6 Å². The Labute approximate surface area is 196 Å². The highest BCUT2D eigenvalue weighted by Gasteiger charge is 2.44. The Hall–Kier alpha value is -1.94. The van der Waals surface area contributed by atoms with Gasteiger partial charge in [0.25, 0.3) is 0 Å². The summed E-state index contributed by atoms with van der Waals surface area (Å²) in [6.07, 6.45) is 5.64. The standard InChI is InChI=1S/C21H23BrN6.HI/c1-23-20(26-13-21(9-10-21)17-3-2-4-18(22)11-17)25-12-16-5-7-19(8-6-16)28-15-24-14-27-28;/h2-8,11,14-15H,9-10,12-13H2,1H3,(H2,23,25,26);1H. The number of rotatable bonds is 6. The lowest BCUT2D eigenvalue weighted by Crippen LogP contribution is -2.40. The molecule has 1 aromatic heterocycles. The number of aromatic nitrogens is 3. The molecule has 2 N–H and O–H groups in total. The molecule has 0 unspecified atom stereocenters. The summed E-state index contributed by atoms with van der Waals surface area (Å²) in [5.41, 5.74) is 3.78. The van der Waals surface area contributed by atoms with Crippen LogP contribution in [0.15, 0.2) is 70.7 Å². The van der Waals surface area contributed by atoms with Gasteiger partial charge in [0.2, 0.25) is 0 Å². The first-order valence-electron chi connectivity index (χ1n) is 9.33. The fourth-order valence-electron chi connectivity index (χ4n) is 3.30.